The Morgan fingerprint density at radius 1 is 1.00 bits per heavy atom. The molecule has 5 N–H and O–H groups in total. The molecule has 0 fully saturated rings. The molecule has 0 saturated carbocycles. The van der Waals surface area contributed by atoms with Crippen molar-refractivity contribution in [2.75, 3.05) is 16.8 Å². The van der Waals surface area contributed by atoms with Crippen LogP contribution in [0, 0.1) is 0 Å². The standard InChI is InChI=1S/C18H19N5O3/c1-10(24)17(18(26)15-9-12(19)3-8-16(15)20)23-22-14-6-4-13(5-7-14)21-11(2)25/h3-9,17H,19-20H2,1-2H3,(H,21,25)/b23-22+. The molecule has 1 amide bonds. The second-order valence-corrected chi connectivity index (χ2v) is 5.67. The van der Waals surface area contributed by atoms with Crippen molar-refractivity contribution in [3.63, 3.8) is 0 Å². The lowest BCUT2D eigenvalue weighted by Crippen LogP contribution is -2.27. The van der Waals surface area contributed by atoms with E-state index in [0.717, 1.165) is 0 Å². The zero-order valence-corrected chi connectivity index (χ0v) is 14.4. The van der Waals surface area contributed by atoms with Gasteiger partial charge in [0.1, 0.15) is 0 Å². The average Bonchev–Trinajstić information content (AvgIpc) is 2.57. The van der Waals surface area contributed by atoms with Crippen molar-refractivity contribution in [3.8, 4) is 0 Å². The van der Waals surface area contributed by atoms with Crippen molar-refractivity contribution in [3.05, 3.63) is 48.0 Å². The van der Waals surface area contributed by atoms with Gasteiger partial charge in [0.05, 0.1) is 5.69 Å². The number of rotatable bonds is 6. The molecule has 2 rings (SSSR count). The molecule has 0 spiro atoms. The molecule has 0 radical (unpaired) electrons. The summed E-state index contributed by atoms with van der Waals surface area (Å²) >= 11 is 0. The number of hydrogen-bond donors (Lipinski definition) is 3. The lowest BCUT2D eigenvalue weighted by Gasteiger charge is -2.10. The molecule has 2 aromatic carbocycles. The van der Waals surface area contributed by atoms with Gasteiger partial charge in [-0.2, -0.15) is 10.2 Å². The number of Topliss-reactive ketones (excluding diaryl/α,β-unsaturated/α-hetero) is 2. The van der Waals surface area contributed by atoms with Crippen LogP contribution in [0.5, 0.6) is 0 Å². The van der Waals surface area contributed by atoms with Crippen molar-refractivity contribution < 1.29 is 14.4 Å². The molecule has 0 bridgehead atoms. The van der Waals surface area contributed by atoms with E-state index in [1.807, 2.05) is 0 Å². The third-order valence-electron chi connectivity index (χ3n) is 3.45. The molecule has 0 heterocycles. The predicted octanol–water partition coefficient (Wildman–Crippen LogP) is 2.73. The van der Waals surface area contributed by atoms with Crippen molar-refractivity contribution in [2.45, 2.75) is 19.9 Å². The summed E-state index contributed by atoms with van der Waals surface area (Å²) in [5.74, 6) is -1.22. The summed E-state index contributed by atoms with van der Waals surface area (Å²) in [5.41, 5.74) is 13.2. The highest BCUT2D eigenvalue weighted by molar-refractivity contribution is 6.16. The highest BCUT2D eigenvalue weighted by atomic mass is 16.2. The molecule has 26 heavy (non-hydrogen) atoms. The minimum atomic E-state index is -1.31. The van der Waals surface area contributed by atoms with E-state index in [4.69, 9.17) is 11.5 Å². The fraction of sp³-hybridized carbons (Fsp3) is 0.167. The van der Waals surface area contributed by atoms with Gasteiger partial charge >= 0.3 is 0 Å². The SMILES string of the molecule is CC(=O)Nc1ccc(/N=N/C(C(C)=O)C(=O)c2cc(N)ccc2N)cc1. The first-order valence-corrected chi connectivity index (χ1v) is 7.76. The first-order valence-electron chi connectivity index (χ1n) is 7.76. The minimum absolute atomic E-state index is 0.130. The van der Waals surface area contributed by atoms with Crippen LogP contribution in [0.3, 0.4) is 0 Å². The van der Waals surface area contributed by atoms with Crippen LogP contribution in [-0.2, 0) is 9.59 Å². The van der Waals surface area contributed by atoms with Crippen LogP contribution >= 0.6 is 0 Å². The molecule has 1 atom stereocenters. The Hall–Kier alpha value is -3.55. The number of benzene rings is 2. The van der Waals surface area contributed by atoms with E-state index in [2.05, 4.69) is 15.5 Å². The Morgan fingerprint density at radius 2 is 1.65 bits per heavy atom. The molecule has 134 valence electrons. The number of nitrogens with one attached hydrogen (secondary N) is 1. The van der Waals surface area contributed by atoms with E-state index in [1.165, 1.54) is 26.0 Å². The van der Waals surface area contributed by atoms with Crippen LogP contribution in [0.4, 0.5) is 22.7 Å². The summed E-state index contributed by atoms with van der Waals surface area (Å²) in [6.07, 6.45) is 0. The molecule has 8 nitrogen and oxygen atoms in total. The summed E-state index contributed by atoms with van der Waals surface area (Å²) < 4.78 is 0. The second-order valence-electron chi connectivity index (χ2n) is 5.67. The Bertz CT molecular complexity index is 875. The van der Waals surface area contributed by atoms with Crippen LogP contribution in [0.2, 0.25) is 0 Å². The molecule has 0 aliphatic carbocycles. The second kappa shape index (κ2) is 8.02. The van der Waals surface area contributed by atoms with Gasteiger partial charge in [0.25, 0.3) is 0 Å². The van der Waals surface area contributed by atoms with E-state index >= 15 is 0 Å². The predicted molar refractivity (Wildman–Crippen MR) is 99.3 cm³/mol. The van der Waals surface area contributed by atoms with Crippen LogP contribution in [0.15, 0.2) is 52.7 Å². The van der Waals surface area contributed by atoms with E-state index in [1.54, 1.807) is 30.3 Å². The van der Waals surface area contributed by atoms with E-state index in [9.17, 15) is 14.4 Å². The fourth-order valence-electron chi connectivity index (χ4n) is 2.19. The lowest BCUT2D eigenvalue weighted by atomic mass is 10.00. The van der Waals surface area contributed by atoms with Gasteiger partial charge in [-0.05, 0) is 49.4 Å². The van der Waals surface area contributed by atoms with Crippen LogP contribution in [0.25, 0.3) is 0 Å². The molecular weight excluding hydrogens is 334 g/mol. The van der Waals surface area contributed by atoms with Gasteiger partial charge in [0.15, 0.2) is 17.6 Å². The number of nitrogen functional groups attached to an aromatic ring is 2. The molecule has 0 aliphatic heterocycles. The number of ketones is 2. The Kier molecular flexibility index (Phi) is 5.79. The van der Waals surface area contributed by atoms with Crippen molar-refractivity contribution in [2.24, 2.45) is 10.2 Å². The topological polar surface area (TPSA) is 140 Å². The average molecular weight is 353 g/mol. The Labute approximate surface area is 150 Å². The molecule has 2 aromatic rings. The molecule has 8 heteroatoms. The third kappa shape index (κ3) is 4.73. The zero-order valence-electron chi connectivity index (χ0n) is 14.4. The van der Waals surface area contributed by atoms with E-state index in [0.29, 0.717) is 17.1 Å². The maximum absolute atomic E-state index is 12.6. The number of nitrogens with zero attached hydrogens (tertiary/aromatic N) is 2. The largest absolute Gasteiger partial charge is 0.399 e. The summed E-state index contributed by atoms with van der Waals surface area (Å²) in [6.45, 7) is 2.66. The number of anilines is 3. The Morgan fingerprint density at radius 3 is 2.23 bits per heavy atom. The van der Waals surface area contributed by atoms with Gasteiger partial charge in [-0.15, -0.1) is 0 Å². The normalized spacial score (nSPS) is 11.9. The number of amides is 1. The summed E-state index contributed by atoms with van der Waals surface area (Å²) in [5, 5.41) is 10.4. The van der Waals surface area contributed by atoms with E-state index < -0.39 is 17.6 Å². The number of azo groups is 1. The molecule has 0 saturated heterocycles. The van der Waals surface area contributed by atoms with Crippen LogP contribution < -0.4 is 16.8 Å². The van der Waals surface area contributed by atoms with Crippen LogP contribution in [-0.4, -0.2) is 23.5 Å². The van der Waals surface area contributed by atoms with Crippen molar-refractivity contribution in [1.29, 1.82) is 0 Å². The zero-order chi connectivity index (χ0) is 19.3. The minimum Gasteiger partial charge on any atom is -0.399 e. The lowest BCUT2D eigenvalue weighted by molar-refractivity contribution is -0.117. The molecular formula is C18H19N5O3. The molecule has 0 aliphatic rings. The van der Waals surface area contributed by atoms with Gasteiger partial charge in [0, 0.05) is 29.5 Å². The number of carbonyl (C=O) groups is 3. The summed E-state index contributed by atoms with van der Waals surface area (Å²) in [7, 11) is 0. The van der Waals surface area contributed by atoms with Crippen molar-refractivity contribution >= 4 is 40.2 Å². The number of nitrogens with two attached hydrogens (primary N) is 2. The quantitative estimate of drug-likeness (QED) is 0.317. The van der Waals surface area contributed by atoms with Gasteiger partial charge in [0.2, 0.25) is 5.91 Å². The maximum atomic E-state index is 12.6. The first-order chi connectivity index (χ1) is 12.3. The number of hydrogen-bond acceptors (Lipinski definition) is 7. The highest BCUT2D eigenvalue weighted by Crippen LogP contribution is 2.21. The fourth-order valence-corrected chi connectivity index (χ4v) is 2.19. The molecule has 0 aromatic heterocycles. The first kappa shape index (κ1) is 18.8. The van der Waals surface area contributed by atoms with Gasteiger partial charge in [-0.3, -0.25) is 14.4 Å². The van der Waals surface area contributed by atoms with E-state index in [-0.39, 0.29) is 17.2 Å². The third-order valence-corrected chi connectivity index (χ3v) is 3.45. The molecule has 1 unspecified atom stereocenters. The number of carbonyl (C=O) groups excluding carboxylic acids is 3. The monoisotopic (exact) mass is 353 g/mol. The highest BCUT2D eigenvalue weighted by Gasteiger charge is 2.26. The van der Waals surface area contributed by atoms with Gasteiger partial charge in [-0.25, -0.2) is 0 Å². The Balaban J connectivity index is 2.23. The summed E-state index contributed by atoms with van der Waals surface area (Å²) in [4.78, 5) is 35.5. The van der Waals surface area contributed by atoms with Gasteiger partial charge < -0.3 is 16.8 Å². The van der Waals surface area contributed by atoms with Crippen LogP contribution in [0.1, 0.15) is 24.2 Å². The van der Waals surface area contributed by atoms with Gasteiger partial charge in [-0.1, -0.05) is 0 Å². The maximum Gasteiger partial charge on any atom is 0.221 e. The summed E-state index contributed by atoms with van der Waals surface area (Å²) in [6, 6.07) is 9.63. The smallest absolute Gasteiger partial charge is 0.221 e. The van der Waals surface area contributed by atoms with Crippen molar-refractivity contribution in [1.82, 2.24) is 0 Å².